The maximum absolute atomic E-state index is 12.8. The van der Waals surface area contributed by atoms with E-state index >= 15 is 0 Å². The number of esters is 1. The van der Waals surface area contributed by atoms with Crippen molar-refractivity contribution < 1.29 is 19.1 Å². The molecule has 1 aliphatic heterocycles. The minimum atomic E-state index is -0.413. The van der Waals surface area contributed by atoms with E-state index in [1.54, 1.807) is 48.6 Å². The van der Waals surface area contributed by atoms with Gasteiger partial charge in [0.15, 0.2) is 0 Å². The Morgan fingerprint density at radius 2 is 2.00 bits per heavy atom. The van der Waals surface area contributed by atoms with Crippen LogP contribution in [0.15, 0.2) is 29.6 Å². The summed E-state index contributed by atoms with van der Waals surface area (Å²) >= 11 is 1.33. The molecule has 1 fully saturated rings. The van der Waals surface area contributed by atoms with Crippen molar-refractivity contribution in [3.05, 3.63) is 35.2 Å². The molecule has 1 saturated heterocycles. The van der Waals surface area contributed by atoms with Crippen molar-refractivity contribution in [2.45, 2.75) is 19.9 Å². The van der Waals surface area contributed by atoms with E-state index in [1.165, 1.54) is 11.3 Å². The Balaban J connectivity index is 1.53. The van der Waals surface area contributed by atoms with Crippen LogP contribution in [-0.2, 0) is 4.74 Å². The Morgan fingerprint density at radius 1 is 1.24 bits per heavy atom. The summed E-state index contributed by atoms with van der Waals surface area (Å²) < 4.78 is 10.4. The lowest BCUT2D eigenvalue weighted by Gasteiger charge is -2.40. The maximum atomic E-state index is 12.8. The number of urea groups is 1. The van der Waals surface area contributed by atoms with Crippen LogP contribution < -0.4 is 20.7 Å². The molecule has 0 saturated carbocycles. The van der Waals surface area contributed by atoms with Gasteiger partial charge >= 0.3 is 12.0 Å². The van der Waals surface area contributed by atoms with E-state index < -0.39 is 5.97 Å². The number of nitrogens with zero attached hydrogens (tertiary/aromatic N) is 4. The molecule has 174 valence electrons. The average molecular weight is 471 g/mol. The number of amides is 2. The number of rotatable bonds is 5. The van der Waals surface area contributed by atoms with Crippen LogP contribution in [0.5, 0.6) is 5.75 Å². The van der Waals surface area contributed by atoms with Gasteiger partial charge in [0.25, 0.3) is 0 Å². The molecule has 3 N–H and O–H groups in total. The summed E-state index contributed by atoms with van der Waals surface area (Å²) in [7, 11) is 1.60. The molecule has 1 aromatic carbocycles. The smallest absolute Gasteiger partial charge is 0.339 e. The molecule has 0 spiro atoms. The second kappa shape index (κ2) is 9.49. The van der Waals surface area contributed by atoms with Crippen molar-refractivity contribution in [2.24, 2.45) is 0 Å². The molecule has 0 aliphatic carbocycles. The lowest BCUT2D eigenvalue weighted by atomic mass is 10.1. The summed E-state index contributed by atoms with van der Waals surface area (Å²) in [6.07, 6.45) is 0. The number of carbonyl (C=O) groups is 2. The van der Waals surface area contributed by atoms with Crippen molar-refractivity contribution in [1.82, 2.24) is 14.9 Å². The number of piperazine rings is 1. The van der Waals surface area contributed by atoms with Crippen molar-refractivity contribution in [2.75, 3.05) is 49.3 Å². The molecule has 33 heavy (non-hydrogen) atoms. The molecule has 0 bridgehead atoms. The van der Waals surface area contributed by atoms with Crippen molar-refractivity contribution >= 4 is 51.0 Å². The van der Waals surface area contributed by atoms with Gasteiger partial charge in [-0.3, -0.25) is 0 Å². The van der Waals surface area contributed by atoms with Gasteiger partial charge in [-0.2, -0.15) is 4.98 Å². The van der Waals surface area contributed by atoms with Gasteiger partial charge in [-0.1, -0.05) is 0 Å². The van der Waals surface area contributed by atoms with E-state index in [0.717, 1.165) is 5.75 Å². The van der Waals surface area contributed by atoms with Crippen LogP contribution in [0.4, 0.5) is 22.2 Å². The SMILES string of the molecule is CCOC(=O)c1csc2nc(N)nc(N3CCN(C(=O)Nc4ccc(OC)cc4)CC3C)c12. The highest BCUT2D eigenvalue weighted by atomic mass is 32.1. The molecule has 1 atom stereocenters. The van der Waals surface area contributed by atoms with Gasteiger partial charge in [-0.25, -0.2) is 14.6 Å². The van der Waals surface area contributed by atoms with Gasteiger partial charge in [0.05, 0.1) is 24.7 Å². The first-order valence-electron chi connectivity index (χ1n) is 10.6. The average Bonchev–Trinajstić information content (AvgIpc) is 3.23. The number of nitrogens with two attached hydrogens (primary N) is 1. The number of aromatic nitrogens is 2. The van der Waals surface area contributed by atoms with Crippen LogP contribution in [0, 0.1) is 0 Å². The van der Waals surface area contributed by atoms with Gasteiger partial charge in [-0.05, 0) is 38.1 Å². The third-order valence-electron chi connectivity index (χ3n) is 5.46. The molecule has 2 aromatic heterocycles. The number of hydrogen-bond donors (Lipinski definition) is 2. The number of methoxy groups -OCH3 is 1. The van der Waals surface area contributed by atoms with Gasteiger partial charge in [0.2, 0.25) is 5.95 Å². The summed E-state index contributed by atoms with van der Waals surface area (Å²) in [4.78, 5) is 38.5. The molecule has 11 heteroatoms. The number of ether oxygens (including phenoxy) is 2. The fourth-order valence-electron chi connectivity index (χ4n) is 3.84. The van der Waals surface area contributed by atoms with E-state index in [2.05, 4.69) is 20.2 Å². The van der Waals surface area contributed by atoms with Crippen LogP contribution in [0.2, 0.25) is 0 Å². The number of thiophene rings is 1. The van der Waals surface area contributed by atoms with Gasteiger partial charge in [0.1, 0.15) is 16.4 Å². The van der Waals surface area contributed by atoms with Crippen LogP contribution in [0.1, 0.15) is 24.2 Å². The fraction of sp³-hybridized carbons (Fsp3) is 0.364. The third-order valence-corrected chi connectivity index (χ3v) is 6.33. The Hall–Kier alpha value is -3.60. The predicted octanol–water partition coefficient (Wildman–Crippen LogP) is 3.20. The minimum Gasteiger partial charge on any atom is -0.497 e. The lowest BCUT2D eigenvalue weighted by Crippen LogP contribution is -2.55. The minimum absolute atomic E-state index is 0.0622. The quantitative estimate of drug-likeness (QED) is 0.545. The van der Waals surface area contributed by atoms with Crippen molar-refractivity contribution in [3.63, 3.8) is 0 Å². The van der Waals surface area contributed by atoms with Crippen LogP contribution in [-0.4, -0.2) is 66.3 Å². The predicted molar refractivity (Wildman–Crippen MR) is 128 cm³/mol. The Kier molecular flexibility index (Phi) is 6.50. The molecule has 10 nitrogen and oxygen atoms in total. The molecular weight excluding hydrogens is 444 g/mol. The van der Waals surface area contributed by atoms with E-state index in [0.29, 0.717) is 46.9 Å². The highest BCUT2D eigenvalue weighted by Gasteiger charge is 2.31. The number of nitrogens with one attached hydrogen (secondary N) is 1. The standard InChI is InChI=1S/C22H26N6O4S/c1-4-32-20(29)16-12-33-19-17(16)18(25-21(23)26-19)28-10-9-27(11-13(28)2)22(30)24-14-5-7-15(31-3)8-6-14/h5-8,12-13H,4,9-11H2,1-3H3,(H,24,30)(H2,23,25,26). The zero-order chi connectivity index (χ0) is 23.5. The number of carbonyl (C=O) groups excluding carboxylic acids is 2. The van der Waals surface area contributed by atoms with E-state index in [9.17, 15) is 9.59 Å². The van der Waals surface area contributed by atoms with E-state index in [4.69, 9.17) is 15.2 Å². The second-order valence-corrected chi connectivity index (χ2v) is 8.46. The molecule has 4 rings (SSSR count). The molecule has 3 heterocycles. The normalized spacial score (nSPS) is 16.0. The molecule has 1 aliphatic rings. The number of anilines is 3. The van der Waals surface area contributed by atoms with E-state index in [1.807, 2.05) is 6.92 Å². The number of benzene rings is 1. The van der Waals surface area contributed by atoms with Crippen molar-refractivity contribution in [1.29, 1.82) is 0 Å². The summed E-state index contributed by atoms with van der Waals surface area (Å²) in [5, 5.41) is 5.28. The van der Waals surface area contributed by atoms with Gasteiger partial charge < -0.3 is 30.3 Å². The number of hydrogen-bond acceptors (Lipinski definition) is 9. The van der Waals surface area contributed by atoms with E-state index in [-0.39, 0.29) is 24.6 Å². The summed E-state index contributed by atoms with van der Waals surface area (Å²) in [5.41, 5.74) is 7.08. The number of fused-ring (bicyclic) bond motifs is 1. The van der Waals surface area contributed by atoms with Gasteiger partial charge in [-0.15, -0.1) is 11.3 Å². The van der Waals surface area contributed by atoms with Crippen LogP contribution in [0.25, 0.3) is 10.2 Å². The van der Waals surface area contributed by atoms with Crippen LogP contribution in [0.3, 0.4) is 0 Å². The molecule has 3 aromatic rings. The molecular formula is C22H26N6O4S. The van der Waals surface area contributed by atoms with Gasteiger partial charge in [0, 0.05) is 36.7 Å². The third kappa shape index (κ3) is 4.63. The highest BCUT2D eigenvalue weighted by Crippen LogP contribution is 2.35. The lowest BCUT2D eigenvalue weighted by molar-refractivity contribution is 0.0529. The maximum Gasteiger partial charge on any atom is 0.339 e. The molecule has 1 unspecified atom stereocenters. The first-order chi connectivity index (χ1) is 15.9. The summed E-state index contributed by atoms with van der Waals surface area (Å²) in [5.74, 6) is 1.04. The highest BCUT2D eigenvalue weighted by molar-refractivity contribution is 7.17. The zero-order valence-corrected chi connectivity index (χ0v) is 19.5. The largest absolute Gasteiger partial charge is 0.497 e. The van der Waals surface area contributed by atoms with Crippen LogP contribution >= 0.6 is 11.3 Å². The zero-order valence-electron chi connectivity index (χ0n) is 18.7. The number of nitrogen functional groups attached to an aromatic ring is 1. The van der Waals surface area contributed by atoms with Crippen molar-refractivity contribution in [3.8, 4) is 5.75 Å². The summed E-state index contributed by atoms with van der Waals surface area (Å²) in [6, 6.07) is 6.94. The second-order valence-electron chi connectivity index (χ2n) is 7.60. The Bertz CT molecular complexity index is 1170. The first kappa shape index (κ1) is 22.6. The molecule has 0 radical (unpaired) electrons. The molecule has 2 amide bonds. The first-order valence-corrected chi connectivity index (χ1v) is 11.5. The monoisotopic (exact) mass is 470 g/mol. The Labute approximate surface area is 195 Å². The topological polar surface area (TPSA) is 123 Å². The fourth-order valence-corrected chi connectivity index (χ4v) is 4.75. The Morgan fingerprint density at radius 3 is 2.67 bits per heavy atom. The summed E-state index contributed by atoms with van der Waals surface area (Å²) in [6.45, 7) is 5.54.